The van der Waals surface area contributed by atoms with Crippen LogP contribution in [0.4, 0.5) is 5.69 Å². The molecule has 102 valence electrons. The van der Waals surface area contributed by atoms with Crippen LogP contribution in [0.15, 0.2) is 42.6 Å². The number of benzene rings is 1. The van der Waals surface area contributed by atoms with Gasteiger partial charge in [0.05, 0.1) is 5.02 Å². The van der Waals surface area contributed by atoms with Crippen molar-refractivity contribution in [2.24, 2.45) is 0 Å². The lowest BCUT2D eigenvalue weighted by molar-refractivity contribution is 0.0983. The second-order valence-corrected chi connectivity index (χ2v) is 5.06. The van der Waals surface area contributed by atoms with E-state index in [2.05, 4.69) is 10.3 Å². The van der Waals surface area contributed by atoms with Gasteiger partial charge in [-0.05, 0) is 23.8 Å². The van der Waals surface area contributed by atoms with Gasteiger partial charge in [0.1, 0.15) is 5.69 Å². The molecule has 1 N–H and O–H groups in total. The second kappa shape index (κ2) is 5.61. The number of anilines is 1. The van der Waals surface area contributed by atoms with Crippen LogP contribution in [0.25, 0.3) is 0 Å². The quantitative estimate of drug-likeness (QED) is 0.876. The Morgan fingerprint density at radius 3 is 2.90 bits per heavy atom. The molecule has 2 aromatic rings. The van der Waals surface area contributed by atoms with E-state index in [1.807, 2.05) is 24.3 Å². The van der Waals surface area contributed by atoms with E-state index in [1.54, 1.807) is 17.0 Å². The average molecular weight is 288 g/mol. The maximum Gasteiger partial charge on any atom is 0.276 e. The molecule has 1 aliphatic heterocycles. The number of fused-ring (bicyclic) bond motifs is 1. The molecule has 0 fully saturated rings. The summed E-state index contributed by atoms with van der Waals surface area (Å²) in [5.74, 6) is -0.0992. The number of amides is 1. The Bertz CT molecular complexity index is 627. The molecule has 4 nitrogen and oxygen atoms in total. The van der Waals surface area contributed by atoms with E-state index in [4.69, 9.17) is 11.6 Å². The van der Waals surface area contributed by atoms with E-state index in [0.717, 1.165) is 24.3 Å². The summed E-state index contributed by atoms with van der Waals surface area (Å²) in [4.78, 5) is 18.5. The van der Waals surface area contributed by atoms with Gasteiger partial charge in [0, 0.05) is 31.5 Å². The molecule has 2 heterocycles. The molecule has 5 heteroatoms. The summed E-state index contributed by atoms with van der Waals surface area (Å²) in [6.07, 6.45) is 1.50. The smallest absolute Gasteiger partial charge is 0.276 e. The Kier molecular flexibility index (Phi) is 3.67. The number of para-hydroxylation sites is 1. The number of nitrogens with zero attached hydrogens (tertiary/aromatic N) is 2. The molecule has 1 aromatic carbocycles. The number of rotatable bonds is 1. The lowest BCUT2D eigenvalue weighted by Crippen LogP contribution is -2.35. The molecule has 0 saturated carbocycles. The number of pyridine rings is 1. The lowest BCUT2D eigenvalue weighted by atomic mass is 10.1. The van der Waals surface area contributed by atoms with Gasteiger partial charge < -0.3 is 10.2 Å². The van der Waals surface area contributed by atoms with Crippen molar-refractivity contribution in [3.8, 4) is 0 Å². The van der Waals surface area contributed by atoms with Gasteiger partial charge in [0.25, 0.3) is 5.91 Å². The molecule has 1 aliphatic rings. The summed E-state index contributed by atoms with van der Waals surface area (Å²) in [6, 6.07) is 11.3. The van der Waals surface area contributed by atoms with Crippen molar-refractivity contribution in [1.82, 2.24) is 10.3 Å². The van der Waals surface area contributed by atoms with Crippen LogP contribution in [-0.4, -0.2) is 24.0 Å². The van der Waals surface area contributed by atoms with Gasteiger partial charge in [-0.25, -0.2) is 4.98 Å². The van der Waals surface area contributed by atoms with Gasteiger partial charge in [-0.2, -0.15) is 0 Å². The fourth-order valence-corrected chi connectivity index (χ4v) is 2.42. The summed E-state index contributed by atoms with van der Waals surface area (Å²) in [7, 11) is 0. The lowest BCUT2D eigenvalue weighted by Gasteiger charge is -2.22. The molecule has 3 rings (SSSR count). The molecule has 0 atom stereocenters. The zero-order chi connectivity index (χ0) is 13.9. The second-order valence-electron chi connectivity index (χ2n) is 4.62. The van der Waals surface area contributed by atoms with Crippen molar-refractivity contribution in [2.75, 3.05) is 18.0 Å². The standard InChI is InChI=1S/C15H14ClN3O/c16-12-5-6-13(18-10-12)15(20)19-8-7-17-9-11-3-1-2-4-14(11)19/h1-6,10,17H,7-9H2. The highest BCUT2D eigenvalue weighted by Crippen LogP contribution is 2.23. The summed E-state index contributed by atoms with van der Waals surface area (Å²) < 4.78 is 0. The Labute approximate surface area is 122 Å². The predicted molar refractivity (Wildman–Crippen MR) is 79.1 cm³/mol. The van der Waals surface area contributed by atoms with Crippen molar-refractivity contribution in [2.45, 2.75) is 6.54 Å². The first kappa shape index (κ1) is 13.1. The fourth-order valence-electron chi connectivity index (χ4n) is 2.31. The van der Waals surface area contributed by atoms with Crippen LogP contribution >= 0.6 is 11.6 Å². The van der Waals surface area contributed by atoms with Crippen molar-refractivity contribution < 1.29 is 4.79 Å². The van der Waals surface area contributed by atoms with E-state index < -0.39 is 0 Å². The summed E-state index contributed by atoms with van der Waals surface area (Å²) >= 11 is 5.81. The molecule has 20 heavy (non-hydrogen) atoms. The highest BCUT2D eigenvalue weighted by molar-refractivity contribution is 6.30. The third kappa shape index (κ3) is 2.53. The maximum atomic E-state index is 12.6. The zero-order valence-electron chi connectivity index (χ0n) is 10.8. The van der Waals surface area contributed by atoms with Crippen LogP contribution in [-0.2, 0) is 6.54 Å². The van der Waals surface area contributed by atoms with Crippen LogP contribution in [0.2, 0.25) is 5.02 Å². The van der Waals surface area contributed by atoms with Gasteiger partial charge in [-0.3, -0.25) is 4.79 Å². The van der Waals surface area contributed by atoms with Crippen LogP contribution < -0.4 is 10.2 Å². The van der Waals surface area contributed by atoms with Gasteiger partial charge in [0.2, 0.25) is 0 Å². The number of carbonyl (C=O) groups excluding carboxylic acids is 1. The normalized spacial score (nSPS) is 14.6. The molecule has 1 amide bonds. The highest BCUT2D eigenvalue weighted by Gasteiger charge is 2.22. The molecule has 0 radical (unpaired) electrons. The van der Waals surface area contributed by atoms with Crippen LogP contribution in [0.3, 0.4) is 0 Å². The monoisotopic (exact) mass is 287 g/mol. The number of nitrogens with one attached hydrogen (secondary N) is 1. The van der Waals surface area contributed by atoms with Crippen molar-refractivity contribution >= 4 is 23.2 Å². The minimum absolute atomic E-state index is 0.0992. The van der Waals surface area contributed by atoms with E-state index in [-0.39, 0.29) is 5.91 Å². The van der Waals surface area contributed by atoms with Crippen molar-refractivity contribution in [1.29, 1.82) is 0 Å². The molecule has 0 bridgehead atoms. The molecular formula is C15H14ClN3O. The Hall–Kier alpha value is -1.91. The minimum Gasteiger partial charge on any atom is -0.311 e. The molecule has 0 aliphatic carbocycles. The summed E-state index contributed by atoms with van der Waals surface area (Å²) in [5.41, 5.74) is 2.47. The Morgan fingerprint density at radius 1 is 1.25 bits per heavy atom. The van der Waals surface area contributed by atoms with E-state index in [9.17, 15) is 4.79 Å². The maximum absolute atomic E-state index is 12.6. The molecule has 0 unspecified atom stereocenters. The van der Waals surface area contributed by atoms with Gasteiger partial charge in [0.15, 0.2) is 0 Å². The highest BCUT2D eigenvalue weighted by atomic mass is 35.5. The number of carbonyl (C=O) groups is 1. The van der Waals surface area contributed by atoms with Gasteiger partial charge in [-0.15, -0.1) is 0 Å². The third-order valence-corrected chi connectivity index (χ3v) is 3.53. The first-order valence-electron chi connectivity index (χ1n) is 6.48. The largest absolute Gasteiger partial charge is 0.311 e. The van der Waals surface area contributed by atoms with E-state index in [0.29, 0.717) is 17.3 Å². The first-order valence-corrected chi connectivity index (χ1v) is 6.85. The number of hydrogen-bond donors (Lipinski definition) is 1. The first-order chi connectivity index (χ1) is 9.75. The number of hydrogen-bond acceptors (Lipinski definition) is 3. The van der Waals surface area contributed by atoms with Crippen molar-refractivity contribution in [3.05, 3.63) is 58.9 Å². The predicted octanol–water partition coefficient (Wildman–Crippen LogP) is 2.49. The van der Waals surface area contributed by atoms with Gasteiger partial charge in [-0.1, -0.05) is 29.8 Å². The Balaban J connectivity index is 1.97. The SMILES string of the molecule is O=C(c1ccc(Cl)cn1)N1CCNCc2ccccc21. The van der Waals surface area contributed by atoms with E-state index >= 15 is 0 Å². The summed E-state index contributed by atoms with van der Waals surface area (Å²) in [6.45, 7) is 2.15. The van der Waals surface area contributed by atoms with Crippen LogP contribution in [0, 0.1) is 0 Å². The fraction of sp³-hybridized carbons (Fsp3) is 0.200. The topological polar surface area (TPSA) is 45.2 Å². The van der Waals surface area contributed by atoms with Gasteiger partial charge >= 0.3 is 0 Å². The Morgan fingerprint density at radius 2 is 2.10 bits per heavy atom. The molecule has 1 aromatic heterocycles. The van der Waals surface area contributed by atoms with Crippen LogP contribution in [0.5, 0.6) is 0 Å². The molecule has 0 saturated heterocycles. The molecule has 0 spiro atoms. The third-order valence-electron chi connectivity index (χ3n) is 3.30. The zero-order valence-corrected chi connectivity index (χ0v) is 11.6. The number of aromatic nitrogens is 1. The number of halogens is 1. The van der Waals surface area contributed by atoms with E-state index in [1.165, 1.54) is 6.20 Å². The minimum atomic E-state index is -0.0992. The molecular weight excluding hydrogens is 274 g/mol. The van der Waals surface area contributed by atoms with Crippen molar-refractivity contribution in [3.63, 3.8) is 0 Å². The van der Waals surface area contributed by atoms with Crippen LogP contribution in [0.1, 0.15) is 16.1 Å². The average Bonchev–Trinajstić information content (AvgIpc) is 2.69. The summed E-state index contributed by atoms with van der Waals surface area (Å²) in [5, 5.41) is 3.84.